The molecule has 0 spiro atoms. The molecule has 3 nitrogen and oxygen atoms in total. The van der Waals surface area contributed by atoms with Crippen molar-refractivity contribution < 1.29 is 15.0 Å². The molecule has 1 atom stereocenters. The molecule has 0 fully saturated rings. The third kappa shape index (κ3) is 7.72. The Hall–Kier alpha value is -0.280. The Kier molecular flexibility index (Phi) is 3.68. The van der Waals surface area contributed by atoms with E-state index in [-0.39, 0.29) is 6.42 Å². The molecule has 0 rings (SSSR count). The number of aliphatic carboxylic acids is 1. The van der Waals surface area contributed by atoms with Gasteiger partial charge in [0, 0.05) is 6.42 Å². The quantitative estimate of drug-likeness (QED) is 0.617. The minimum atomic E-state index is -1.25. The molecule has 0 aromatic rings. The van der Waals surface area contributed by atoms with Gasteiger partial charge in [0.05, 0.1) is 0 Å². The van der Waals surface area contributed by atoms with E-state index in [1.807, 2.05) is 0 Å². The maximum atomic E-state index is 9.96. The van der Waals surface area contributed by atoms with Gasteiger partial charge in [-0.05, 0) is 19.8 Å². The summed E-state index contributed by atoms with van der Waals surface area (Å²) in [7, 11) is 0. The van der Waals surface area contributed by atoms with Crippen molar-refractivity contribution >= 4 is 17.6 Å². The van der Waals surface area contributed by atoms with E-state index in [0.29, 0.717) is 12.8 Å². The van der Waals surface area contributed by atoms with E-state index >= 15 is 0 Å². The number of halogens is 1. The average Bonchev–Trinajstić information content (AvgIpc) is 1.59. The maximum absolute atomic E-state index is 9.96. The fourth-order valence-electron chi connectivity index (χ4n) is 0.562. The van der Waals surface area contributed by atoms with Gasteiger partial charge in [0.15, 0.2) is 0 Å². The largest absolute Gasteiger partial charge is 0.481 e. The summed E-state index contributed by atoms with van der Waals surface area (Å²) in [5, 5.41) is 15.8. The van der Waals surface area contributed by atoms with Gasteiger partial charge in [-0.3, -0.25) is 4.79 Å². The van der Waals surface area contributed by atoms with Crippen LogP contribution in [0, 0.1) is 0 Å². The molecular weight excluding hydrogens is 156 g/mol. The normalized spacial score (nSPS) is 16.3. The minimum absolute atomic E-state index is 0.0584. The lowest BCUT2D eigenvalue weighted by atomic mass is 10.2. The first-order valence-corrected chi connectivity index (χ1v) is 3.43. The van der Waals surface area contributed by atoms with E-state index in [1.54, 1.807) is 0 Å². The Morgan fingerprint density at radius 1 is 1.70 bits per heavy atom. The standard InChI is InChI=1S/C6H11ClO3/c1-6(7,10)4-2-3-5(8)9/h10H,2-4H2,1H3,(H,8,9). The highest BCUT2D eigenvalue weighted by atomic mass is 35.5. The second-order valence-electron chi connectivity index (χ2n) is 2.39. The molecule has 0 bridgehead atoms. The van der Waals surface area contributed by atoms with Gasteiger partial charge >= 0.3 is 5.97 Å². The minimum Gasteiger partial charge on any atom is -0.481 e. The maximum Gasteiger partial charge on any atom is 0.303 e. The smallest absolute Gasteiger partial charge is 0.303 e. The number of hydrogen-bond donors (Lipinski definition) is 2. The van der Waals surface area contributed by atoms with Gasteiger partial charge in [-0.15, -0.1) is 0 Å². The van der Waals surface area contributed by atoms with Crippen molar-refractivity contribution in [1.82, 2.24) is 0 Å². The molecule has 0 radical (unpaired) electrons. The molecule has 0 aliphatic heterocycles. The lowest BCUT2D eigenvalue weighted by Gasteiger charge is -2.12. The van der Waals surface area contributed by atoms with Gasteiger partial charge in [-0.2, -0.15) is 0 Å². The van der Waals surface area contributed by atoms with Crippen LogP contribution in [0.25, 0.3) is 0 Å². The Balaban J connectivity index is 3.29. The monoisotopic (exact) mass is 166 g/mol. The molecule has 1 unspecified atom stereocenters. The predicted molar refractivity (Wildman–Crippen MR) is 38.0 cm³/mol. The van der Waals surface area contributed by atoms with E-state index < -0.39 is 11.0 Å². The predicted octanol–water partition coefficient (Wildman–Crippen LogP) is 1.19. The molecule has 0 aromatic carbocycles. The lowest BCUT2D eigenvalue weighted by molar-refractivity contribution is -0.137. The topological polar surface area (TPSA) is 57.5 Å². The first-order valence-electron chi connectivity index (χ1n) is 3.05. The summed E-state index contributed by atoms with van der Waals surface area (Å²) in [6.45, 7) is 1.44. The third-order valence-electron chi connectivity index (χ3n) is 1.02. The molecule has 10 heavy (non-hydrogen) atoms. The molecule has 4 heteroatoms. The molecule has 0 aliphatic rings. The van der Waals surface area contributed by atoms with Crippen molar-refractivity contribution in [2.24, 2.45) is 0 Å². The summed E-state index contributed by atoms with van der Waals surface area (Å²) in [5.41, 5.74) is 0. The van der Waals surface area contributed by atoms with Crippen molar-refractivity contribution in [2.75, 3.05) is 0 Å². The fraction of sp³-hybridized carbons (Fsp3) is 0.833. The Labute approximate surface area is 64.6 Å². The summed E-state index contributed by atoms with van der Waals surface area (Å²) in [5.74, 6) is -0.860. The van der Waals surface area contributed by atoms with Crippen molar-refractivity contribution in [1.29, 1.82) is 0 Å². The molecule has 0 aliphatic carbocycles. The second kappa shape index (κ2) is 3.78. The molecule has 0 aromatic heterocycles. The molecular formula is C6H11ClO3. The number of rotatable bonds is 4. The zero-order valence-corrected chi connectivity index (χ0v) is 6.56. The van der Waals surface area contributed by atoms with E-state index in [0.717, 1.165) is 0 Å². The molecule has 0 saturated carbocycles. The van der Waals surface area contributed by atoms with Crippen LogP contribution in [0.3, 0.4) is 0 Å². The van der Waals surface area contributed by atoms with Gasteiger partial charge in [0.1, 0.15) is 5.06 Å². The van der Waals surface area contributed by atoms with Crippen molar-refractivity contribution in [3.05, 3.63) is 0 Å². The van der Waals surface area contributed by atoms with Crippen LogP contribution in [0.1, 0.15) is 26.2 Å². The van der Waals surface area contributed by atoms with Crippen LogP contribution in [0.15, 0.2) is 0 Å². The Morgan fingerprint density at radius 2 is 2.20 bits per heavy atom. The van der Waals surface area contributed by atoms with Crippen molar-refractivity contribution in [3.8, 4) is 0 Å². The summed E-state index contributed by atoms with van der Waals surface area (Å²) in [6.07, 6.45) is 0.773. The zero-order valence-electron chi connectivity index (χ0n) is 5.80. The van der Waals surface area contributed by atoms with Crippen molar-refractivity contribution in [3.63, 3.8) is 0 Å². The summed E-state index contributed by atoms with van der Waals surface area (Å²) >= 11 is 5.38. The highest BCUT2D eigenvalue weighted by Crippen LogP contribution is 2.17. The number of hydrogen-bond acceptors (Lipinski definition) is 2. The van der Waals surface area contributed by atoms with E-state index in [2.05, 4.69) is 0 Å². The van der Waals surface area contributed by atoms with Crippen LogP contribution in [0.2, 0.25) is 0 Å². The first kappa shape index (κ1) is 9.72. The summed E-state index contributed by atoms with van der Waals surface area (Å²) < 4.78 is 0. The Bertz CT molecular complexity index is 117. The molecule has 0 amide bonds. The molecule has 60 valence electrons. The van der Waals surface area contributed by atoms with Gasteiger partial charge in [-0.25, -0.2) is 0 Å². The summed E-state index contributed by atoms with van der Waals surface area (Å²) in [4.78, 5) is 9.96. The highest BCUT2D eigenvalue weighted by Gasteiger charge is 2.14. The van der Waals surface area contributed by atoms with Crippen LogP contribution in [-0.4, -0.2) is 21.2 Å². The lowest BCUT2D eigenvalue weighted by Crippen LogP contribution is -2.14. The number of carboxylic acids is 1. The SMILES string of the molecule is CC(O)(Cl)CCCC(=O)O. The molecule has 0 heterocycles. The number of alkyl halides is 1. The zero-order chi connectivity index (χ0) is 8.20. The van der Waals surface area contributed by atoms with Crippen LogP contribution in [0.5, 0.6) is 0 Å². The van der Waals surface area contributed by atoms with E-state index in [4.69, 9.17) is 21.8 Å². The third-order valence-corrected chi connectivity index (χ3v) is 1.21. The van der Waals surface area contributed by atoms with Crippen LogP contribution in [0.4, 0.5) is 0 Å². The second-order valence-corrected chi connectivity index (χ2v) is 3.20. The van der Waals surface area contributed by atoms with Crippen LogP contribution >= 0.6 is 11.6 Å². The Morgan fingerprint density at radius 3 is 2.50 bits per heavy atom. The van der Waals surface area contributed by atoms with Gasteiger partial charge in [0.2, 0.25) is 0 Å². The number of carboxylic acid groups (broad SMARTS) is 1. The summed E-state index contributed by atoms with van der Waals surface area (Å²) in [6, 6.07) is 0. The van der Waals surface area contributed by atoms with E-state index in [1.165, 1.54) is 6.92 Å². The van der Waals surface area contributed by atoms with Gasteiger partial charge in [0.25, 0.3) is 0 Å². The van der Waals surface area contributed by atoms with Gasteiger partial charge < -0.3 is 10.2 Å². The fourth-order valence-corrected chi connectivity index (χ4v) is 0.696. The van der Waals surface area contributed by atoms with Gasteiger partial charge in [-0.1, -0.05) is 11.6 Å². The molecule has 0 saturated heterocycles. The number of carbonyl (C=O) groups is 1. The first-order chi connectivity index (χ1) is 4.42. The van der Waals surface area contributed by atoms with Crippen molar-refractivity contribution in [2.45, 2.75) is 31.2 Å². The highest BCUT2D eigenvalue weighted by molar-refractivity contribution is 6.22. The van der Waals surface area contributed by atoms with Crippen LogP contribution < -0.4 is 0 Å². The molecule has 2 N–H and O–H groups in total. The number of aliphatic hydroxyl groups is 1. The average molecular weight is 167 g/mol. The van der Waals surface area contributed by atoms with Crippen LogP contribution in [-0.2, 0) is 4.79 Å². The van der Waals surface area contributed by atoms with E-state index in [9.17, 15) is 4.79 Å².